The molecule has 2 unspecified atom stereocenters. The number of aliphatic hydroxyl groups is 1. The van der Waals surface area contributed by atoms with Crippen LogP contribution < -0.4 is 5.32 Å². The van der Waals surface area contributed by atoms with Crippen LogP contribution in [0.25, 0.3) is 0 Å². The third kappa shape index (κ3) is 2.59. The molecule has 1 rings (SSSR count). The van der Waals surface area contributed by atoms with Gasteiger partial charge in [0.2, 0.25) is 5.91 Å². The molecule has 1 aliphatic rings. The molecule has 0 aromatic rings. The van der Waals surface area contributed by atoms with Crippen LogP contribution in [0.1, 0.15) is 40.0 Å². The highest BCUT2D eigenvalue weighted by Gasteiger charge is 2.39. The van der Waals surface area contributed by atoms with E-state index in [1.165, 1.54) is 0 Å². The van der Waals surface area contributed by atoms with Crippen LogP contribution in [0, 0.1) is 5.41 Å². The van der Waals surface area contributed by atoms with Crippen LogP contribution >= 0.6 is 0 Å². The van der Waals surface area contributed by atoms with Crippen molar-refractivity contribution in [1.82, 2.24) is 5.32 Å². The summed E-state index contributed by atoms with van der Waals surface area (Å²) in [5, 5.41) is 12.3. The van der Waals surface area contributed by atoms with Gasteiger partial charge in [0.1, 0.15) is 0 Å². The SMILES string of the molecule is C/C=C(/C)C(=O)NC1CCCC1(C)CO. The molecule has 0 spiro atoms. The lowest BCUT2D eigenvalue weighted by atomic mass is 9.85. The number of hydrogen-bond donors (Lipinski definition) is 2. The first-order chi connectivity index (χ1) is 7.03. The molecule has 3 nitrogen and oxygen atoms in total. The average Bonchev–Trinajstić information content (AvgIpc) is 2.60. The lowest BCUT2D eigenvalue weighted by molar-refractivity contribution is -0.119. The predicted molar refractivity (Wildman–Crippen MR) is 60.4 cm³/mol. The van der Waals surface area contributed by atoms with Gasteiger partial charge in [-0.3, -0.25) is 4.79 Å². The van der Waals surface area contributed by atoms with Crippen molar-refractivity contribution in [2.24, 2.45) is 5.41 Å². The van der Waals surface area contributed by atoms with E-state index in [4.69, 9.17) is 0 Å². The Balaban J connectivity index is 2.62. The van der Waals surface area contributed by atoms with E-state index in [0.29, 0.717) is 0 Å². The fraction of sp³-hybridized carbons (Fsp3) is 0.750. The molecular weight excluding hydrogens is 190 g/mol. The van der Waals surface area contributed by atoms with Crippen molar-refractivity contribution in [2.75, 3.05) is 6.61 Å². The first kappa shape index (κ1) is 12.2. The second-order valence-electron chi connectivity index (χ2n) is 4.70. The summed E-state index contributed by atoms with van der Waals surface area (Å²) >= 11 is 0. The number of amides is 1. The Labute approximate surface area is 91.6 Å². The van der Waals surface area contributed by atoms with E-state index in [-0.39, 0.29) is 24.0 Å². The van der Waals surface area contributed by atoms with E-state index in [1.807, 2.05) is 13.8 Å². The monoisotopic (exact) mass is 211 g/mol. The van der Waals surface area contributed by atoms with Gasteiger partial charge in [-0.1, -0.05) is 19.4 Å². The molecule has 3 heteroatoms. The molecule has 0 aromatic carbocycles. The molecule has 15 heavy (non-hydrogen) atoms. The van der Waals surface area contributed by atoms with Crippen molar-refractivity contribution in [3.8, 4) is 0 Å². The standard InChI is InChI=1S/C12H21NO2/c1-4-9(2)11(15)13-10-6-5-7-12(10,3)8-14/h4,10,14H,5-8H2,1-3H3,(H,13,15)/b9-4-. The van der Waals surface area contributed by atoms with Gasteiger partial charge in [-0.15, -0.1) is 0 Å². The molecule has 2 N–H and O–H groups in total. The summed E-state index contributed by atoms with van der Waals surface area (Å²) in [6.07, 6.45) is 4.85. The Bertz CT molecular complexity index is 273. The normalized spacial score (nSPS) is 31.7. The molecule has 2 atom stereocenters. The first-order valence-electron chi connectivity index (χ1n) is 5.58. The van der Waals surface area contributed by atoms with Crippen LogP contribution in [0.5, 0.6) is 0 Å². The average molecular weight is 211 g/mol. The summed E-state index contributed by atoms with van der Waals surface area (Å²) in [5.41, 5.74) is 0.603. The first-order valence-corrected chi connectivity index (χ1v) is 5.58. The Morgan fingerprint density at radius 3 is 2.87 bits per heavy atom. The third-order valence-corrected chi connectivity index (χ3v) is 3.54. The Morgan fingerprint density at radius 1 is 1.67 bits per heavy atom. The molecule has 0 heterocycles. The van der Waals surface area contributed by atoms with Gasteiger partial charge in [0.15, 0.2) is 0 Å². The fourth-order valence-corrected chi connectivity index (χ4v) is 2.07. The van der Waals surface area contributed by atoms with E-state index >= 15 is 0 Å². The van der Waals surface area contributed by atoms with E-state index < -0.39 is 0 Å². The maximum atomic E-state index is 11.7. The van der Waals surface area contributed by atoms with Gasteiger partial charge >= 0.3 is 0 Å². The van der Waals surface area contributed by atoms with Crippen molar-refractivity contribution in [3.63, 3.8) is 0 Å². The smallest absolute Gasteiger partial charge is 0.246 e. The van der Waals surface area contributed by atoms with E-state index in [1.54, 1.807) is 13.0 Å². The summed E-state index contributed by atoms with van der Waals surface area (Å²) in [6.45, 7) is 5.85. The van der Waals surface area contributed by atoms with Crippen LogP contribution in [-0.4, -0.2) is 23.7 Å². The summed E-state index contributed by atoms with van der Waals surface area (Å²) in [7, 11) is 0. The number of aliphatic hydroxyl groups excluding tert-OH is 1. The molecule has 1 amide bonds. The molecule has 1 fully saturated rings. The topological polar surface area (TPSA) is 49.3 Å². The number of nitrogens with one attached hydrogen (secondary N) is 1. The second kappa shape index (κ2) is 4.79. The van der Waals surface area contributed by atoms with Gasteiger partial charge in [0.05, 0.1) is 6.61 Å². The van der Waals surface area contributed by atoms with Gasteiger partial charge in [-0.25, -0.2) is 0 Å². The highest BCUT2D eigenvalue weighted by Crippen LogP contribution is 2.37. The second-order valence-corrected chi connectivity index (χ2v) is 4.70. The minimum Gasteiger partial charge on any atom is -0.396 e. The molecule has 1 saturated carbocycles. The summed E-state index contributed by atoms with van der Waals surface area (Å²) in [5.74, 6) is -0.0101. The highest BCUT2D eigenvalue weighted by atomic mass is 16.3. The number of carbonyl (C=O) groups is 1. The van der Waals surface area contributed by atoms with E-state index in [0.717, 1.165) is 24.8 Å². The maximum Gasteiger partial charge on any atom is 0.246 e. The number of allylic oxidation sites excluding steroid dienone is 1. The Morgan fingerprint density at radius 2 is 2.33 bits per heavy atom. The van der Waals surface area contributed by atoms with Crippen molar-refractivity contribution in [2.45, 2.75) is 46.1 Å². The van der Waals surface area contributed by atoms with Crippen molar-refractivity contribution < 1.29 is 9.90 Å². The zero-order valence-corrected chi connectivity index (χ0v) is 9.84. The maximum absolute atomic E-state index is 11.7. The summed E-state index contributed by atoms with van der Waals surface area (Å²) < 4.78 is 0. The molecule has 0 bridgehead atoms. The zero-order chi connectivity index (χ0) is 11.5. The number of rotatable bonds is 3. The van der Waals surface area contributed by atoms with Gasteiger partial charge in [-0.05, 0) is 26.7 Å². The van der Waals surface area contributed by atoms with Crippen molar-refractivity contribution >= 4 is 5.91 Å². The predicted octanol–water partition coefficient (Wildman–Crippen LogP) is 1.62. The van der Waals surface area contributed by atoms with Crippen LogP contribution in [-0.2, 0) is 4.79 Å². The van der Waals surface area contributed by atoms with E-state index in [9.17, 15) is 9.90 Å². The number of carbonyl (C=O) groups excluding carboxylic acids is 1. The molecule has 86 valence electrons. The van der Waals surface area contributed by atoms with Gasteiger partial charge < -0.3 is 10.4 Å². The van der Waals surface area contributed by atoms with Crippen LogP contribution in [0.4, 0.5) is 0 Å². The van der Waals surface area contributed by atoms with Crippen molar-refractivity contribution in [1.29, 1.82) is 0 Å². The van der Waals surface area contributed by atoms with Crippen LogP contribution in [0.2, 0.25) is 0 Å². The third-order valence-electron chi connectivity index (χ3n) is 3.54. The lowest BCUT2D eigenvalue weighted by Gasteiger charge is -2.30. The fourth-order valence-electron chi connectivity index (χ4n) is 2.07. The number of hydrogen-bond acceptors (Lipinski definition) is 2. The molecule has 0 radical (unpaired) electrons. The Kier molecular flexibility index (Phi) is 3.91. The zero-order valence-electron chi connectivity index (χ0n) is 9.84. The highest BCUT2D eigenvalue weighted by molar-refractivity contribution is 5.92. The quantitative estimate of drug-likeness (QED) is 0.697. The molecule has 1 aliphatic carbocycles. The lowest BCUT2D eigenvalue weighted by Crippen LogP contribution is -2.45. The van der Waals surface area contributed by atoms with Crippen LogP contribution in [0.3, 0.4) is 0 Å². The summed E-state index contributed by atoms with van der Waals surface area (Å²) in [6, 6.07) is 0.116. The minimum absolute atomic E-state index is 0.0101. The minimum atomic E-state index is -0.135. The largest absolute Gasteiger partial charge is 0.396 e. The van der Waals surface area contributed by atoms with Gasteiger partial charge in [-0.2, -0.15) is 0 Å². The molecule has 0 saturated heterocycles. The van der Waals surface area contributed by atoms with E-state index in [2.05, 4.69) is 5.32 Å². The summed E-state index contributed by atoms with van der Waals surface area (Å²) in [4.78, 5) is 11.7. The van der Waals surface area contributed by atoms with Gasteiger partial charge in [0, 0.05) is 17.0 Å². The molecule has 0 aliphatic heterocycles. The Hall–Kier alpha value is -0.830. The molecular formula is C12H21NO2. The molecule has 0 aromatic heterocycles. The van der Waals surface area contributed by atoms with Crippen molar-refractivity contribution in [3.05, 3.63) is 11.6 Å². The van der Waals surface area contributed by atoms with Gasteiger partial charge in [0.25, 0.3) is 0 Å². The van der Waals surface area contributed by atoms with Crippen LogP contribution in [0.15, 0.2) is 11.6 Å².